The van der Waals surface area contributed by atoms with Crippen molar-refractivity contribution < 1.29 is 9.59 Å². The quantitative estimate of drug-likeness (QED) is 0.733. The lowest BCUT2D eigenvalue weighted by atomic mass is 10.1. The monoisotopic (exact) mass is 320 g/mol. The van der Waals surface area contributed by atoms with Gasteiger partial charge in [-0.15, -0.1) is 5.10 Å². The van der Waals surface area contributed by atoms with E-state index in [4.69, 9.17) is 0 Å². The first-order valence-corrected chi connectivity index (χ1v) is 7.49. The highest BCUT2D eigenvalue weighted by Gasteiger charge is 2.14. The Hall–Kier alpha value is -3.28. The maximum Gasteiger partial charge on any atom is 0.277 e. The van der Waals surface area contributed by atoms with Crippen LogP contribution in [0.1, 0.15) is 33.3 Å². The van der Waals surface area contributed by atoms with Crippen LogP contribution in [0.2, 0.25) is 0 Å². The molecule has 1 amide bonds. The first-order chi connectivity index (χ1) is 11.6. The van der Waals surface area contributed by atoms with Crippen LogP contribution in [0, 0.1) is 0 Å². The van der Waals surface area contributed by atoms with E-state index in [1.165, 1.54) is 6.92 Å². The van der Waals surface area contributed by atoms with Crippen molar-refractivity contribution in [2.75, 3.05) is 5.32 Å². The van der Waals surface area contributed by atoms with Crippen molar-refractivity contribution in [1.82, 2.24) is 15.0 Å². The van der Waals surface area contributed by atoms with Crippen LogP contribution in [0.25, 0.3) is 0 Å². The average Bonchev–Trinajstić information content (AvgIpc) is 3.05. The minimum absolute atomic E-state index is 0.112. The molecule has 0 aliphatic rings. The van der Waals surface area contributed by atoms with Gasteiger partial charge >= 0.3 is 0 Å². The molecule has 1 N–H and O–H groups in total. The number of hydrogen-bond acceptors (Lipinski definition) is 4. The molecule has 24 heavy (non-hydrogen) atoms. The minimum Gasteiger partial charge on any atom is -0.320 e. The number of amides is 1. The Labute approximate surface area is 139 Å². The molecular formula is C18H16N4O2. The summed E-state index contributed by atoms with van der Waals surface area (Å²) in [7, 11) is 0. The van der Waals surface area contributed by atoms with Crippen LogP contribution in [0.5, 0.6) is 0 Å². The Kier molecular flexibility index (Phi) is 4.47. The fourth-order valence-electron chi connectivity index (χ4n) is 2.34. The third-order valence-electron chi connectivity index (χ3n) is 3.51. The van der Waals surface area contributed by atoms with Gasteiger partial charge in [-0.05, 0) is 24.6 Å². The van der Waals surface area contributed by atoms with E-state index in [9.17, 15) is 9.59 Å². The number of benzene rings is 2. The molecule has 0 unspecified atom stereocenters. The molecule has 0 radical (unpaired) electrons. The van der Waals surface area contributed by atoms with Gasteiger partial charge in [0.2, 0.25) is 0 Å². The molecule has 3 aromatic rings. The lowest BCUT2D eigenvalue weighted by molar-refractivity contribution is 0.101. The highest BCUT2D eigenvalue weighted by atomic mass is 16.2. The third-order valence-corrected chi connectivity index (χ3v) is 3.51. The first-order valence-electron chi connectivity index (χ1n) is 7.49. The molecule has 0 aliphatic heterocycles. The maximum atomic E-state index is 12.3. The zero-order valence-electron chi connectivity index (χ0n) is 13.1. The van der Waals surface area contributed by atoms with Gasteiger partial charge in [-0.2, -0.15) is 0 Å². The van der Waals surface area contributed by atoms with Gasteiger partial charge in [-0.25, -0.2) is 4.68 Å². The van der Waals surface area contributed by atoms with Crippen molar-refractivity contribution in [3.05, 3.63) is 77.6 Å². The Morgan fingerprint density at radius 1 is 1.04 bits per heavy atom. The highest BCUT2D eigenvalue weighted by Crippen LogP contribution is 2.16. The van der Waals surface area contributed by atoms with Gasteiger partial charge in [-0.1, -0.05) is 47.7 Å². The number of carbonyl (C=O) groups is 2. The molecule has 120 valence electrons. The molecule has 0 aliphatic carbocycles. The average molecular weight is 320 g/mol. The minimum atomic E-state index is -0.400. The molecule has 0 fully saturated rings. The molecule has 2 aromatic carbocycles. The molecule has 1 heterocycles. The van der Waals surface area contributed by atoms with E-state index in [2.05, 4.69) is 15.6 Å². The Morgan fingerprint density at radius 2 is 1.75 bits per heavy atom. The zero-order chi connectivity index (χ0) is 16.9. The van der Waals surface area contributed by atoms with Crippen molar-refractivity contribution >= 4 is 17.4 Å². The van der Waals surface area contributed by atoms with Crippen LogP contribution in [-0.2, 0) is 6.54 Å². The number of nitrogens with one attached hydrogen (secondary N) is 1. The van der Waals surface area contributed by atoms with E-state index < -0.39 is 5.91 Å². The molecule has 3 rings (SSSR count). The normalized spacial score (nSPS) is 10.4. The second-order valence-corrected chi connectivity index (χ2v) is 5.34. The summed E-state index contributed by atoms with van der Waals surface area (Å²) >= 11 is 0. The number of ketones is 1. The van der Waals surface area contributed by atoms with Crippen LogP contribution in [0.4, 0.5) is 5.69 Å². The van der Waals surface area contributed by atoms with Crippen molar-refractivity contribution in [1.29, 1.82) is 0 Å². The summed E-state index contributed by atoms with van der Waals surface area (Å²) < 4.78 is 1.60. The van der Waals surface area contributed by atoms with Gasteiger partial charge in [0.1, 0.15) is 0 Å². The summed E-state index contributed by atoms with van der Waals surface area (Å²) in [4.78, 5) is 23.9. The summed E-state index contributed by atoms with van der Waals surface area (Å²) in [5, 5.41) is 10.6. The fraction of sp³-hybridized carbons (Fsp3) is 0.111. The predicted octanol–water partition coefficient (Wildman–Crippen LogP) is 2.78. The van der Waals surface area contributed by atoms with E-state index in [1.54, 1.807) is 35.1 Å². The summed E-state index contributed by atoms with van der Waals surface area (Å²) in [5.41, 5.74) is 2.19. The van der Waals surface area contributed by atoms with E-state index in [0.29, 0.717) is 17.8 Å². The molecule has 6 heteroatoms. The van der Waals surface area contributed by atoms with E-state index in [1.807, 2.05) is 30.3 Å². The van der Waals surface area contributed by atoms with Crippen LogP contribution in [0.3, 0.4) is 0 Å². The largest absolute Gasteiger partial charge is 0.320 e. The van der Waals surface area contributed by atoms with Crippen molar-refractivity contribution in [3.63, 3.8) is 0 Å². The molecule has 0 saturated carbocycles. The molecule has 1 aromatic heterocycles. The fourth-order valence-corrected chi connectivity index (χ4v) is 2.34. The molecule has 0 saturated heterocycles. The molecule has 0 atom stereocenters. The SMILES string of the molecule is CC(=O)c1ccccc1NC(=O)c1cn(Cc2ccccc2)nn1. The van der Waals surface area contributed by atoms with Crippen molar-refractivity contribution in [2.24, 2.45) is 0 Å². The second kappa shape index (κ2) is 6.87. The molecular weight excluding hydrogens is 304 g/mol. The van der Waals surface area contributed by atoms with Crippen molar-refractivity contribution in [2.45, 2.75) is 13.5 Å². The number of anilines is 1. The number of carbonyl (C=O) groups excluding carboxylic acids is 2. The number of para-hydroxylation sites is 1. The lowest BCUT2D eigenvalue weighted by Gasteiger charge is -2.07. The summed E-state index contributed by atoms with van der Waals surface area (Å²) in [6.07, 6.45) is 1.58. The van der Waals surface area contributed by atoms with Crippen molar-refractivity contribution in [3.8, 4) is 0 Å². The summed E-state index contributed by atoms with van der Waals surface area (Å²) in [6.45, 7) is 1.99. The summed E-state index contributed by atoms with van der Waals surface area (Å²) in [5.74, 6) is -0.512. The van der Waals surface area contributed by atoms with Gasteiger partial charge in [0.05, 0.1) is 18.4 Å². The zero-order valence-corrected chi connectivity index (χ0v) is 13.1. The highest BCUT2D eigenvalue weighted by molar-refractivity contribution is 6.08. The van der Waals surface area contributed by atoms with Crippen LogP contribution >= 0.6 is 0 Å². The number of nitrogens with zero attached hydrogens (tertiary/aromatic N) is 3. The van der Waals surface area contributed by atoms with E-state index in [0.717, 1.165) is 5.56 Å². The predicted molar refractivity (Wildman–Crippen MR) is 90.0 cm³/mol. The maximum absolute atomic E-state index is 12.3. The van der Waals surface area contributed by atoms with E-state index in [-0.39, 0.29) is 11.5 Å². The molecule has 6 nitrogen and oxygen atoms in total. The number of rotatable bonds is 5. The van der Waals surface area contributed by atoms with E-state index >= 15 is 0 Å². The molecule has 0 bridgehead atoms. The van der Waals surface area contributed by atoms with Gasteiger partial charge in [0.25, 0.3) is 5.91 Å². The van der Waals surface area contributed by atoms with Gasteiger partial charge < -0.3 is 5.32 Å². The topological polar surface area (TPSA) is 76.9 Å². The number of aromatic nitrogens is 3. The number of Topliss-reactive ketones (excluding diaryl/α,β-unsaturated/α-hetero) is 1. The van der Waals surface area contributed by atoms with Gasteiger partial charge in [-0.3, -0.25) is 9.59 Å². The Bertz CT molecular complexity index is 871. The Balaban J connectivity index is 1.74. The smallest absolute Gasteiger partial charge is 0.277 e. The van der Waals surface area contributed by atoms with Crippen LogP contribution < -0.4 is 5.32 Å². The van der Waals surface area contributed by atoms with Crippen LogP contribution in [0.15, 0.2) is 60.8 Å². The molecule has 0 spiro atoms. The van der Waals surface area contributed by atoms with Gasteiger partial charge in [0.15, 0.2) is 11.5 Å². The number of hydrogen-bond donors (Lipinski definition) is 1. The lowest BCUT2D eigenvalue weighted by Crippen LogP contribution is -2.14. The second-order valence-electron chi connectivity index (χ2n) is 5.34. The standard InChI is InChI=1S/C18H16N4O2/c1-13(23)15-9-5-6-10-16(15)19-18(24)17-12-22(21-20-17)11-14-7-3-2-4-8-14/h2-10,12H,11H2,1H3,(H,19,24). The van der Waals surface area contributed by atoms with Crippen LogP contribution in [-0.4, -0.2) is 26.7 Å². The Morgan fingerprint density at radius 3 is 2.50 bits per heavy atom. The van der Waals surface area contributed by atoms with Gasteiger partial charge in [0, 0.05) is 5.56 Å². The summed E-state index contributed by atoms with van der Waals surface area (Å²) in [6, 6.07) is 16.6. The third kappa shape index (κ3) is 3.55. The first kappa shape index (κ1) is 15.6.